The Morgan fingerprint density at radius 2 is 1.47 bits per heavy atom. The average molecular weight is 800 g/mol. The second-order valence-electron chi connectivity index (χ2n) is 13.9. The molecule has 0 radical (unpaired) electrons. The smallest absolute Gasteiger partial charge is 0.407 e. The molecule has 6 aromatic rings. The number of anilines is 3. The van der Waals surface area contributed by atoms with Gasteiger partial charge in [-0.1, -0.05) is 53.7 Å². The van der Waals surface area contributed by atoms with Crippen LogP contribution in [-0.2, 0) is 19.0 Å². The first-order valence-electron chi connectivity index (χ1n) is 19.4. The number of hydrogen-bond acceptors (Lipinski definition) is 13. The highest BCUT2D eigenvalue weighted by Gasteiger charge is 2.29. The third-order valence-electron chi connectivity index (χ3n) is 10.4. The first-order valence-corrected chi connectivity index (χ1v) is 19.4. The molecule has 2 aliphatic rings. The lowest BCUT2D eigenvalue weighted by Gasteiger charge is -2.36. The summed E-state index contributed by atoms with van der Waals surface area (Å²) >= 11 is 0. The highest BCUT2D eigenvalue weighted by molar-refractivity contribution is 5.79. The highest BCUT2D eigenvalue weighted by Crippen LogP contribution is 2.44. The molecule has 304 valence electrons. The van der Waals surface area contributed by atoms with Crippen molar-refractivity contribution in [3.05, 3.63) is 108 Å². The van der Waals surface area contributed by atoms with E-state index in [-0.39, 0.29) is 31.6 Å². The summed E-state index contributed by atoms with van der Waals surface area (Å²) in [6.45, 7) is 4.01. The maximum absolute atomic E-state index is 12.8. The van der Waals surface area contributed by atoms with Gasteiger partial charge < -0.3 is 44.1 Å². The molecule has 0 atom stereocenters. The molecule has 16 nitrogen and oxygen atoms in total. The molecule has 3 heterocycles. The number of amides is 2. The standard InChI is InChI=1S/C43H45N9O7/c1-55-38-16-15-31(25-39(38)56-2)52-41-37(48-49-52)26-45-42(47-41)46-29-11-13-30(14-12-29)50-18-20-51(21-19-50)40(53)28-58-24-23-57-22-17-44-43(54)59-27-36-34-9-5-3-7-32(34)33-8-4-6-10-35(33)36/h3-16,25-26,36H,17-24,27-28H2,1-2H3,(H,44,54)(H,45,46,47). The minimum atomic E-state index is -0.484. The minimum Gasteiger partial charge on any atom is -0.493 e. The normalized spacial score (nSPS) is 13.5. The molecule has 0 saturated carbocycles. The molecule has 1 saturated heterocycles. The van der Waals surface area contributed by atoms with E-state index in [9.17, 15) is 9.59 Å². The number of methoxy groups -OCH3 is 2. The van der Waals surface area contributed by atoms with Gasteiger partial charge in [-0.25, -0.2) is 9.78 Å². The maximum atomic E-state index is 12.8. The van der Waals surface area contributed by atoms with Crippen molar-refractivity contribution in [3.8, 4) is 28.3 Å². The van der Waals surface area contributed by atoms with E-state index in [1.165, 1.54) is 22.3 Å². The molecule has 0 unspecified atom stereocenters. The Balaban J connectivity index is 0.710. The Kier molecular flexibility index (Phi) is 12.1. The van der Waals surface area contributed by atoms with Crippen LogP contribution in [0.1, 0.15) is 17.0 Å². The molecule has 2 N–H and O–H groups in total. The fourth-order valence-electron chi connectivity index (χ4n) is 7.36. The molecular weight excluding hydrogens is 755 g/mol. The van der Waals surface area contributed by atoms with Crippen LogP contribution in [0.2, 0.25) is 0 Å². The van der Waals surface area contributed by atoms with Crippen LogP contribution in [0.3, 0.4) is 0 Å². The topological polar surface area (TPSA) is 167 Å². The van der Waals surface area contributed by atoms with Crippen molar-refractivity contribution in [1.29, 1.82) is 0 Å². The number of nitrogens with one attached hydrogen (secondary N) is 2. The molecule has 2 aromatic heterocycles. The largest absolute Gasteiger partial charge is 0.493 e. The Morgan fingerprint density at radius 3 is 2.20 bits per heavy atom. The molecule has 0 spiro atoms. The summed E-state index contributed by atoms with van der Waals surface area (Å²) in [5.74, 6) is 1.53. The van der Waals surface area contributed by atoms with Crippen LogP contribution in [0.5, 0.6) is 11.5 Å². The molecular formula is C43H45N9O7. The van der Waals surface area contributed by atoms with Gasteiger partial charge in [-0.05, 0) is 58.7 Å². The van der Waals surface area contributed by atoms with E-state index in [0.29, 0.717) is 74.5 Å². The highest BCUT2D eigenvalue weighted by atomic mass is 16.6. The molecule has 1 aliphatic carbocycles. The summed E-state index contributed by atoms with van der Waals surface area (Å²) < 4.78 is 29.2. The summed E-state index contributed by atoms with van der Waals surface area (Å²) in [6.07, 6.45) is 1.14. The molecule has 1 aliphatic heterocycles. The Morgan fingerprint density at radius 1 is 0.780 bits per heavy atom. The number of fused-ring (bicyclic) bond motifs is 4. The molecule has 8 rings (SSSR count). The lowest BCUT2D eigenvalue weighted by molar-refractivity contribution is -0.136. The number of benzene rings is 4. The molecule has 1 fully saturated rings. The van der Waals surface area contributed by atoms with Gasteiger partial charge in [-0.3, -0.25) is 4.79 Å². The Labute approximate surface area is 341 Å². The lowest BCUT2D eigenvalue weighted by atomic mass is 9.98. The first-order chi connectivity index (χ1) is 29.0. The van der Waals surface area contributed by atoms with Gasteiger partial charge in [-0.2, -0.15) is 9.67 Å². The van der Waals surface area contributed by atoms with Crippen LogP contribution < -0.4 is 25.0 Å². The van der Waals surface area contributed by atoms with Gasteiger partial charge in [0.15, 0.2) is 22.7 Å². The quantitative estimate of drug-likeness (QED) is 0.123. The first kappa shape index (κ1) is 39.1. The number of nitrogens with zero attached hydrogens (tertiary/aromatic N) is 7. The van der Waals surface area contributed by atoms with Crippen molar-refractivity contribution in [2.75, 3.05) is 90.2 Å². The van der Waals surface area contributed by atoms with E-state index in [4.69, 9.17) is 23.7 Å². The van der Waals surface area contributed by atoms with Crippen LogP contribution in [0.4, 0.5) is 22.1 Å². The van der Waals surface area contributed by atoms with Crippen molar-refractivity contribution in [3.63, 3.8) is 0 Å². The second-order valence-corrected chi connectivity index (χ2v) is 13.9. The number of ether oxygens (including phenoxy) is 5. The second kappa shape index (κ2) is 18.2. The zero-order valence-corrected chi connectivity index (χ0v) is 32.9. The predicted molar refractivity (Wildman–Crippen MR) is 221 cm³/mol. The van der Waals surface area contributed by atoms with Crippen molar-refractivity contribution in [1.82, 2.24) is 35.2 Å². The molecule has 2 amide bonds. The van der Waals surface area contributed by atoms with Crippen molar-refractivity contribution in [2.24, 2.45) is 0 Å². The monoisotopic (exact) mass is 799 g/mol. The summed E-state index contributed by atoms with van der Waals surface area (Å²) in [5.41, 5.74) is 8.38. The van der Waals surface area contributed by atoms with Gasteiger partial charge in [0.05, 0.1) is 45.9 Å². The third kappa shape index (κ3) is 8.88. The van der Waals surface area contributed by atoms with Crippen LogP contribution in [0, 0.1) is 0 Å². The van der Waals surface area contributed by atoms with Gasteiger partial charge in [-0.15, -0.1) is 5.10 Å². The third-order valence-corrected chi connectivity index (χ3v) is 10.4. The maximum Gasteiger partial charge on any atom is 0.407 e. The van der Waals surface area contributed by atoms with Gasteiger partial charge in [0.25, 0.3) is 0 Å². The summed E-state index contributed by atoms with van der Waals surface area (Å²) in [5, 5.41) is 14.5. The van der Waals surface area contributed by atoms with Gasteiger partial charge in [0.1, 0.15) is 13.2 Å². The number of piperazine rings is 1. The minimum absolute atomic E-state index is 0.00881. The van der Waals surface area contributed by atoms with Gasteiger partial charge >= 0.3 is 6.09 Å². The number of rotatable bonds is 16. The van der Waals surface area contributed by atoms with Crippen LogP contribution in [0.25, 0.3) is 28.0 Å². The van der Waals surface area contributed by atoms with Crippen LogP contribution in [0.15, 0.2) is 97.2 Å². The molecule has 16 heteroatoms. The zero-order chi connectivity index (χ0) is 40.6. The average Bonchev–Trinajstić information content (AvgIpc) is 3.85. The van der Waals surface area contributed by atoms with Crippen molar-refractivity contribution < 1.29 is 33.3 Å². The van der Waals surface area contributed by atoms with E-state index in [2.05, 4.69) is 60.1 Å². The predicted octanol–water partition coefficient (Wildman–Crippen LogP) is 5.19. The SMILES string of the molecule is COc1ccc(-n2nnc3cnc(Nc4ccc(N5CCN(C(=O)COCCOCCNC(=O)OCC6c7ccccc7-c7ccccc76)CC5)cc4)nc32)cc1OC. The lowest BCUT2D eigenvalue weighted by Crippen LogP contribution is -2.49. The van der Waals surface area contributed by atoms with Gasteiger partial charge in [0, 0.05) is 56.1 Å². The number of hydrogen-bond donors (Lipinski definition) is 2. The van der Waals surface area contributed by atoms with Crippen molar-refractivity contribution in [2.45, 2.75) is 5.92 Å². The van der Waals surface area contributed by atoms with E-state index >= 15 is 0 Å². The fraction of sp³-hybridized carbons (Fsp3) is 0.302. The fourth-order valence-corrected chi connectivity index (χ4v) is 7.36. The summed E-state index contributed by atoms with van der Waals surface area (Å²) in [6, 6.07) is 29.9. The van der Waals surface area contributed by atoms with Gasteiger partial charge in [0.2, 0.25) is 11.9 Å². The Hall–Kier alpha value is -6.78. The van der Waals surface area contributed by atoms with E-state index in [1.54, 1.807) is 31.2 Å². The van der Waals surface area contributed by atoms with E-state index in [1.807, 2.05) is 65.6 Å². The number of carbonyl (C=O) groups is 2. The zero-order valence-electron chi connectivity index (χ0n) is 32.9. The van der Waals surface area contributed by atoms with Crippen LogP contribution >= 0.6 is 0 Å². The molecule has 4 aromatic carbocycles. The Bertz CT molecular complexity index is 2350. The van der Waals surface area contributed by atoms with Crippen LogP contribution in [-0.4, -0.2) is 122 Å². The molecule has 59 heavy (non-hydrogen) atoms. The van der Waals surface area contributed by atoms with E-state index in [0.717, 1.165) is 17.1 Å². The summed E-state index contributed by atoms with van der Waals surface area (Å²) in [4.78, 5) is 38.4. The molecule has 0 bridgehead atoms. The summed E-state index contributed by atoms with van der Waals surface area (Å²) in [7, 11) is 3.16. The van der Waals surface area contributed by atoms with Crippen molar-refractivity contribution >= 4 is 40.5 Å². The van der Waals surface area contributed by atoms with E-state index < -0.39 is 6.09 Å². The number of carbonyl (C=O) groups excluding carboxylic acids is 2. The number of alkyl carbamates (subject to hydrolysis) is 1. The number of aromatic nitrogens is 5.